The van der Waals surface area contributed by atoms with E-state index in [0.29, 0.717) is 38.0 Å². The molecule has 5 nitrogen and oxygen atoms in total. The van der Waals surface area contributed by atoms with Crippen LogP contribution in [0.25, 0.3) is 0 Å². The van der Waals surface area contributed by atoms with Crippen molar-refractivity contribution in [3.63, 3.8) is 0 Å². The zero-order valence-corrected chi connectivity index (χ0v) is 12.2. The highest BCUT2D eigenvalue weighted by atomic mass is 32.2. The van der Waals surface area contributed by atoms with Gasteiger partial charge in [0.15, 0.2) is 9.84 Å². The van der Waals surface area contributed by atoms with Crippen molar-refractivity contribution in [2.45, 2.75) is 19.3 Å². The largest absolute Gasteiger partial charge is 0.399 e. The molecule has 1 saturated heterocycles. The summed E-state index contributed by atoms with van der Waals surface area (Å²) in [6.07, 6.45) is 1.49. The first-order valence-electron chi connectivity index (χ1n) is 6.79. The minimum Gasteiger partial charge on any atom is -0.399 e. The molecular weight excluding hydrogens is 276 g/mol. The van der Waals surface area contributed by atoms with E-state index < -0.39 is 9.84 Å². The summed E-state index contributed by atoms with van der Waals surface area (Å²) in [5.74, 6) is 0.264. The summed E-state index contributed by atoms with van der Waals surface area (Å²) >= 11 is 0. The van der Waals surface area contributed by atoms with Crippen molar-refractivity contribution in [2.75, 3.05) is 30.3 Å². The maximum Gasteiger partial charge on any atom is 0.222 e. The topological polar surface area (TPSA) is 80.5 Å². The van der Waals surface area contributed by atoms with E-state index in [0.717, 1.165) is 5.56 Å². The third-order valence-corrected chi connectivity index (χ3v) is 5.29. The fourth-order valence-corrected chi connectivity index (χ4v) is 3.62. The maximum absolute atomic E-state index is 12.1. The third-order valence-electron chi connectivity index (χ3n) is 3.57. The van der Waals surface area contributed by atoms with Crippen LogP contribution in [0.15, 0.2) is 24.3 Å². The number of aryl methyl sites for hydroxylation is 1. The normalized spacial score (nSPS) is 18.5. The molecule has 1 amide bonds. The van der Waals surface area contributed by atoms with Crippen molar-refractivity contribution in [3.05, 3.63) is 29.8 Å². The Morgan fingerprint density at radius 1 is 1.20 bits per heavy atom. The molecular formula is C14H20N2O3S. The number of nitrogens with zero attached hydrogens (tertiary/aromatic N) is 1. The van der Waals surface area contributed by atoms with E-state index >= 15 is 0 Å². The molecule has 6 heteroatoms. The maximum atomic E-state index is 12.1. The molecule has 0 radical (unpaired) electrons. The minimum atomic E-state index is -2.97. The molecule has 2 rings (SSSR count). The highest BCUT2D eigenvalue weighted by Gasteiger charge is 2.22. The van der Waals surface area contributed by atoms with Crippen LogP contribution in [0.5, 0.6) is 0 Å². The molecule has 110 valence electrons. The van der Waals surface area contributed by atoms with Gasteiger partial charge in [0.05, 0.1) is 11.5 Å². The summed E-state index contributed by atoms with van der Waals surface area (Å²) in [4.78, 5) is 13.8. The Kier molecular flexibility index (Phi) is 4.65. The highest BCUT2D eigenvalue weighted by Crippen LogP contribution is 2.14. The van der Waals surface area contributed by atoms with E-state index in [1.165, 1.54) is 0 Å². The van der Waals surface area contributed by atoms with Crippen LogP contribution in [0.2, 0.25) is 0 Å². The van der Waals surface area contributed by atoms with Crippen LogP contribution < -0.4 is 5.73 Å². The second-order valence-electron chi connectivity index (χ2n) is 5.08. The molecule has 2 N–H and O–H groups in total. The van der Waals surface area contributed by atoms with Crippen LogP contribution in [-0.2, 0) is 21.1 Å². The molecule has 0 saturated carbocycles. The van der Waals surface area contributed by atoms with Crippen molar-refractivity contribution >= 4 is 21.4 Å². The standard InChI is InChI=1S/C14H20N2O3S/c15-13-5-2-1-4-12(13)6-7-14(17)16-8-3-10-20(18,19)11-9-16/h1-2,4-5H,3,6-11,15H2. The molecule has 1 fully saturated rings. The SMILES string of the molecule is Nc1ccccc1CCC(=O)N1CCCS(=O)(=O)CC1. The number of para-hydroxylation sites is 1. The number of nitrogen functional groups attached to an aromatic ring is 1. The van der Waals surface area contributed by atoms with Gasteiger partial charge < -0.3 is 10.6 Å². The van der Waals surface area contributed by atoms with E-state index in [1.54, 1.807) is 4.90 Å². The van der Waals surface area contributed by atoms with Crippen LogP contribution in [0.1, 0.15) is 18.4 Å². The van der Waals surface area contributed by atoms with Crippen LogP contribution in [0.3, 0.4) is 0 Å². The quantitative estimate of drug-likeness (QED) is 0.839. The predicted molar refractivity (Wildman–Crippen MR) is 79.0 cm³/mol. The van der Waals surface area contributed by atoms with Gasteiger partial charge >= 0.3 is 0 Å². The van der Waals surface area contributed by atoms with Crippen LogP contribution in [-0.4, -0.2) is 43.8 Å². The van der Waals surface area contributed by atoms with Crippen molar-refractivity contribution in [1.29, 1.82) is 0 Å². The molecule has 0 aromatic heterocycles. The Morgan fingerprint density at radius 3 is 2.70 bits per heavy atom. The average molecular weight is 296 g/mol. The van der Waals surface area contributed by atoms with Gasteiger partial charge in [0.1, 0.15) is 0 Å². The number of rotatable bonds is 3. The minimum absolute atomic E-state index is 0.00496. The van der Waals surface area contributed by atoms with Gasteiger partial charge in [-0.1, -0.05) is 18.2 Å². The van der Waals surface area contributed by atoms with Crippen LogP contribution >= 0.6 is 0 Å². The number of anilines is 1. The lowest BCUT2D eigenvalue weighted by Gasteiger charge is -2.19. The number of nitrogens with two attached hydrogens (primary N) is 1. The zero-order chi connectivity index (χ0) is 14.6. The fourth-order valence-electron chi connectivity index (χ4n) is 2.35. The van der Waals surface area contributed by atoms with E-state index in [4.69, 9.17) is 5.73 Å². The fraction of sp³-hybridized carbons (Fsp3) is 0.500. The summed E-state index contributed by atoms with van der Waals surface area (Å²) in [6.45, 7) is 0.841. The molecule has 1 heterocycles. The summed E-state index contributed by atoms with van der Waals surface area (Å²) in [5.41, 5.74) is 7.50. The van der Waals surface area contributed by atoms with E-state index in [1.807, 2.05) is 24.3 Å². The monoisotopic (exact) mass is 296 g/mol. The zero-order valence-electron chi connectivity index (χ0n) is 11.4. The van der Waals surface area contributed by atoms with Crippen molar-refractivity contribution in [1.82, 2.24) is 4.90 Å². The molecule has 0 atom stereocenters. The molecule has 20 heavy (non-hydrogen) atoms. The van der Waals surface area contributed by atoms with Gasteiger partial charge in [-0.3, -0.25) is 4.79 Å². The van der Waals surface area contributed by atoms with E-state index in [2.05, 4.69) is 0 Å². The van der Waals surface area contributed by atoms with Gasteiger partial charge in [0.2, 0.25) is 5.91 Å². The lowest BCUT2D eigenvalue weighted by molar-refractivity contribution is -0.130. The molecule has 1 aliphatic heterocycles. The molecule has 0 aliphatic carbocycles. The Hall–Kier alpha value is -1.56. The van der Waals surface area contributed by atoms with E-state index in [-0.39, 0.29) is 17.4 Å². The number of hydrogen-bond donors (Lipinski definition) is 1. The first kappa shape index (κ1) is 14.8. The Balaban J connectivity index is 1.91. The average Bonchev–Trinajstić information content (AvgIpc) is 2.58. The highest BCUT2D eigenvalue weighted by molar-refractivity contribution is 7.91. The molecule has 1 aliphatic rings. The Morgan fingerprint density at radius 2 is 1.95 bits per heavy atom. The number of carbonyl (C=O) groups is 1. The van der Waals surface area contributed by atoms with E-state index in [9.17, 15) is 13.2 Å². The Labute approximate surface area is 119 Å². The van der Waals surface area contributed by atoms with Crippen molar-refractivity contribution < 1.29 is 13.2 Å². The molecule has 0 bridgehead atoms. The van der Waals surface area contributed by atoms with Gasteiger partial charge in [0.25, 0.3) is 0 Å². The van der Waals surface area contributed by atoms with Crippen molar-refractivity contribution in [2.24, 2.45) is 0 Å². The lowest BCUT2D eigenvalue weighted by Crippen LogP contribution is -2.33. The molecule has 1 aromatic carbocycles. The smallest absolute Gasteiger partial charge is 0.222 e. The number of sulfone groups is 1. The molecule has 1 aromatic rings. The second kappa shape index (κ2) is 6.26. The predicted octanol–water partition coefficient (Wildman–Crippen LogP) is 0.849. The Bertz CT molecular complexity index is 584. The number of carbonyl (C=O) groups excluding carboxylic acids is 1. The van der Waals surface area contributed by atoms with Crippen LogP contribution in [0, 0.1) is 0 Å². The van der Waals surface area contributed by atoms with Gasteiger partial charge in [0, 0.05) is 25.2 Å². The van der Waals surface area contributed by atoms with Gasteiger partial charge in [-0.15, -0.1) is 0 Å². The summed E-state index contributed by atoms with van der Waals surface area (Å²) in [7, 11) is -2.97. The summed E-state index contributed by atoms with van der Waals surface area (Å²) in [6, 6.07) is 7.49. The first-order chi connectivity index (χ1) is 9.48. The number of hydrogen-bond acceptors (Lipinski definition) is 4. The molecule has 0 unspecified atom stereocenters. The first-order valence-corrected chi connectivity index (χ1v) is 8.62. The number of benzene rings is 1. The number of amides is 1. The third kappa shape index (κ3) is 3.96. The lowest BCUT2D eigenvalue weighted by atomic mass is 10.1. The molecule has 0 spiro atoms. The summed E-state index contributed by atoms with van der Waals surface area (Å²) in [5, 5.41) is 0. The van der Waals surface area contributed by atoms with Crippen molar-refractivity contribution in [3.8, 4) is 0 Å². The van der Waals surface area contributed by atoms with Gasteiger partial charge in [-0.25, -0.2) is 8.42 Å². The summed E-state index contributed by atoms with van der Waals surface area (Å²) < 4.78 is 23.0. The second-order valence-corrected chi connectivity index (χ2v) is 7.39. The van der Waals surface area contributed by atoms with Crippen LogP contribution in [0.4, 0.5) is 5.69 Å². The van der Waals surface area contributed by atoms with Gasteiger partial charge in [-0.05, 0) is 24.5 Å². The van der Waals surface area contributed by atoms with Gasteiger partial charge in [-0.2, -0.15) is 0 Å².